The van der Waals surface area contributed by atoms with E-state index >= 15 is 0 Å². The Labute approximate surface area is 129 Å². The van der Waals surface area contributed by atoms with Gasteiger partial charge in [-0.1, -0.05) is 17.7 Å². The van der Waals surface area contributed by atoms with Crippen molar-refractivity contribution < 1.29 is 14.3 Å². The summed E-state index contributed by atoms with van der Waals surface area (Å²) in [6, 6.07) is 12.4. The molecule has 5 heteroatoms. The molecule has 5 nitrogen and oxygen atoms in total. The van der Waals surface area contributed by atoms with Gasteiger partial charge >= 0.3 is 11.7 Å². The Morgan fingerprint density at radius 2 is 1.82 bits per heavy atom. The third kappa shape index (κ3) is 4.06. The highest BCUT2D eigenvalue weighted by Crippen LogP contribution is 2.26. The first kappa shape index (κ1) is 15.5. The second-order valence-corrected chi connectivity index (χ2v) is 4.88. The molecule has 0 N–H and O–H groups in total. The van der Waals surface area contributed by atoms with Gasteiger partial charge in [-0.15, -0.1) is 0 Å². The second kappa shape index (κ2) is 7.23. The molecule has 0 aliphatic carbocycles. The van der Waals surface area contributed by atoms with E-state index in [9.17, 15) is 4.79 Å². The first-order chi connectivity index (χ1) is 10.6. The first-order valence-electron chi connectivity index (χ1n) is 6.91. The number of aryl methyl sites for hydroxylation is 2. The van der Waals surface area contributed by atoms with Gasteiger partial charge in [0.1, 0.15) is 11.5 Å². The summed E-state index contributed by atoms with van der Waals surface area (Å²) in [5.74, 6) is 0.832. The lowest BCUT2D eigenvalue weighted by Crippen LogP contribution is -2.09. The molecule has 0 unspecified atom stereocenters. The van der Waals surface area contributed by atoms with Gasteiger partial charge in [0.05, 0.1) is 19.1 Å². The minimum atomic E-state index is -0.337. The summed E-state index contributed by atoms with van der Waals surface area (Å²) in [7, 11) is 1.56. The molecule has 0 aliphatic rings. The van der Waals surface area contributed by atoms with Crippen molar-refractivity contribution in [2.75, 3.05) is 7.11 Å². The van der Waals surface area contributed by atoms with Gasteiger partial charge in [-0.05, 0) is 37.6 Å². The normalized spacial score (nSPS) is 9.86. The van der Waals surface area contributed by atoms with Crippen LogP contribution in [0.3, 0.4) is 0 Å². The van der Waals surface area contributed by atoms with Crippen LogP contribution in [-0.2, 0) is 11.2 Å². The fraction of sp³-hybridized carbons (Fsp3) is 0.235. The zero-order valence-corrected chi connectivity index (χ0v) is 12.6. The number of hydrogen-bond donors (Lipinski definition) is 0. The number of carbonyl (C=O) groups excluding carboxylic acids is 1. The van der Waals surface area contributed by atoms with Crippen molar-refractivity contribution in [3.05, 3.63) is 58.6 Å². The van der Waals surface area contributed by atoms with E-state index in [2.05, 4.69) is 4.98 Å². The summed E-state index contributed by atoms with van der Waals surface area (Å²) in [5.41, 5.74) is 2.25. The summed E-state index contributed by atoms with van der Waals surface area (Å²) >= 11 is 0. The SMILES string of the molecule is COc1ccc([N+]#N)c(CCC(=O)Oc2ccc(C)cc2)c1. The lowest BCUT2D eigenvalue weighted by molar-refractivity contribution is -0.134. The molecular formula is C17H17N2O3+. The van der Waals surface area contributed by atoms with Crippen molar-refractivity contribution in [2.45, 2.75) is 19.8 Å². The number of rotatable bonds is 5. The van der Waals surface area contributed by atoms with Crippen LogP contribution in [0.1, 0.15) is 17.5 Å². The topological polar surface area (TPSA) is 63.7 Å². The first-order valence-corrected chi connectivity index (χ1v) is 6.91. The summed E-state index contributed by atoms with van der Waals surface area (Å²) < 4.78 is 10.4. The number of ether oxygens (including phenoxy) is 2. The Balaban J connectivity index is 1.99. The smallest absolute Gasteiger partial charge is 0.388 e. The van der Waals surface area contributed by atoms with Crippen molar-refractivity contribution >= 4 is 11.7 Å². The quantitative estimate of drug-likeness (QED) is 0.475. The van der Waals surface area contributed by atoms with Crippen LogP contribution >= 0.6 is 0 Å². The summed E-state index contributed by atoms with van der Waals surface area (Å²) in [6.45, 7) is 1.97. The number of hydrogen-bond acceptors (Lipinski definition) is 4. The van der Waals surface area contributed by atoms with Crippen LogP contribution in [0, 0.1) is 12.3 Å². The van der Waals surface area contributed by atoms with Gasteiger partial charge in [-0.2, -0.15) is 0 Å². The predicted molar refractivity (Wildman–Crippen MR) is 82.9 cm³/mol. The van der Waals surface area contributed by atoms with Crippen LogP contribution in [0.25, 0.3) is 4.98 Å². The van der Waals surface area contributed by atoms with Crippen LogP contribution in [0.2, 0.25) is 0 Å². The van der Waals surface area contributed by atoms with Crippen LogP contribution in [0.5, 0.6) is 11.5 Å². The van der Waals surface area contributed by atoms with Gasteiger partial charge < -0.3 is 9.47 Å². The standard InChI is InChI=1S/C17H17N2O3/c1-12-3-6-14(7-4-12)22-17(20)10-5-13-11-15(21-2)8-9-16(13)19-18/h3-4,6-9,11H,5,10H2,1-2H3/q+1. The third-order valence-corrected chi connectivity index (χ3v) is 3.25. The fourth-order valence-corrected chi connectivity index (χ4v) is 2.01. The largest absolute Gasteiger partial charge is 0.497 e. The molecule has 0 radical (unpaired) electrons. The van der Waals surface area contributed by atoms with E-state index in [1.54, 1.807) is 37.4 Å². The van der Waals surface area contributed by atoms with E-state index < -0.39 is 0 Å². The zero-order valence-electron chi connectivity index (χ0n) is 12.6. The van der Waals surface area contributed by atoms with Gasteiger partial charge in [-0.3, -0.25) is 4.79 Å². The van der Waals surface area contributed by atoms with Gasteiger partial charge in [0.25, 0.3) is 0 Å². The minimum Gasteiger partial charge on any atom is -0.497 e. The van der Waals surface area contributed by atoms with E-state index in [-0.39, 0.29) is 12.4 Å². The lowest BCUT2D eigenvalue weighted by atomic mass is 10.1. The Kier molecular flexibility index (Phi) is 5.10. The van der Waals surface area contributed by atoms with Crippen LogP contribution in [-0.4, -0.2) is 13.1 Å². The van der Waals surface area contributed by atoms with Crippen molar-refractivity contribution in [3.63, 3.8) is 0 Å². The second-order valence-electron chi connectivity index (χ2n) is 4.88. The van der Waals surface area contributed by atoms with E-state index in [4.69, 9.17) is 14.9 Å². The molecule has 112 valence electrons. The highest BCUT2D eigenvalue weighted by atomic mass is 16.5. The highest BCUT2D eigenvalue weighted by Gasteiger charge is 2.16. The molecule has 0 amide bonds. The maximum atomic E-state index is 11.9. The zero-order chi connectivity index (χ0) is 15.9. The number of methoxy groups -OCH3 is 1. The maximum absolute atomic E-state index is 11.9. The third-order valence-electron chi connectivity index (χ3n) is 3.25. The molecule has 0 saturated carbocycles. The number of benzene rings is 2. The number of diazo groups is 1. The minimum absolute atomic E-state index is 0.184. The summed E-state index contributed by atoms with van der Waals surface area (Å²) in [4.78, 5) is 15.1. The van der Waals surface area contributed by atoms with E-state index in [1.165, 1.54) is 0 Å². The lowest BCUT2D eigenvalue weighted by Gasteiger charge is -2.05. The molecule has 0 spiro atoms. The molecule has 0 aliphatic heterocycles. The van der Waals surface area contributed by atoms with Crippen molar-refractivity contribution in [1.29, 1.82) is 5.39 Å². The van der Waals surface area contributed by atoms with E-state index in [1.807, 2.05) is 19.1 Å². The van der Waals surface area contributed by atoms with Gasteiger partial charge in [0, 0.05) is 6.07 Å². The molecule has 0 heterocycles. The van der Waals surface area contributed by atoms with Crippen LogP contribution < -0.4 is 9.47 Å². The average Bonchev–Trinajstić information content (AvgIpc) is 2.54. The highest BCUT2D eigenvalue weighted by molar-refractivity contribution is 5.73. The van der Waals surface area contributed by atoms with Crippen LogP contribution in [0.4, 0.5) is 5.69 Å². The summed E-state index contributed by atoms with van der Waals surface area (Å²) in [6.07, 6.45) is 0.588. The van der Waals surface area contributed by atoms with Gasteiger partial charge in [0.15, 0.2) is 4.98 Å². The molecular weight excluding hydrogens is 280 g/mol. The molecule has 22 heavy (non-hydrogen) atoms. The Bertz CT molecular complexity index is 703. The maximum Gasteiger partial charge on any atom is 0.388 e. The number of nitrogens with zero attached hydrogens (tertiary/aromatic N) is 2. The Hall–Kier alpha value is -2.87. The predicted octanol–water partition coefficient (Wildman–Crippen LogP) is 4.03. The van der Waals surface area contributed by atoms with E-state index in [0.29, 0.717) is 23.6 Å². The molecule has 0 saturated heterocycles. The molecule has 2 aromatic rings. The summed E-state index contributed by atoms with van der Waals surface area (Å²) in [5, 5.41) is 8.98. The Morgan fingerprint density at radius 1 is 1.14 bits per heavy atom. The average molecular weight is 297 g/mol. The molecule has 2 rings (SSSR count). The number of esters is 1. The molecule has 2 aromatic carbocycles. The Morgan fingerprint density at radius 3 is 2.45 bits per heavy atom. The fourth-order valence-electron chi connectivity index (χ4n) is 2.01. The van der Waals surface area contributed by atoms with Crippen molar-refractivity contribution in [1.82, 2.24) is 0 Å². The van der Waals surface area contributed by atoms with Gasteiger partial charge in [0.2, 0.25) is 5.39 Å². The van der Waals surface area contributed by atoms with Crippen LogP contribution in [0.15, 0.2) is 42.5 Å². The van der Waals surface area contributed by atoms with E-state index in [0.717, 1.165) is 11.1 Å². The monoisotopic (exact) mass is 297 g/mol. The van der Waals surface area contributed by atoms with Gasteiger partial charge in [-0.25, -0.2) is 0 Å². The van der Waals surface area contributed by atoms with Crippen molar-refractivity contribution in [3.8, 4) is 11.5 Å². The molecule has 0 aromatic heterocycles. The molecule has 0 atom stereocenters. The number of carbonyl (C=O) groups is 1. The van der Waals surface area contributed by atoms with Crippen molar-refractivity contribution in [2.24, 2.45) is 0 Å². The molecule has 0 bridgehead atoms. The molecule has 0 fully saturated rings.